The number of imide groups is 1. The van der Waals surface area contributed by atoms with E-state index >= 15 is 0 Å². The van der Waals surface area contributed by atoms with E-state index in [1.807, 2.05) is 24.3 Å². The maximum absolute atomic E-state index is 13.0. The van der Waals surface area contributed by atoms with Crippen molar-refractivity contribution in [1.29, 1.82) is 0 Å². The maximum atomic E-state index is 13.0. The van der Waals surface area contributed by atoms with Crippen LogP contribution in [0.1, 0.15) is 42.6 Å². The number of nitrogens with zero attached hydrogens (tertiary/aromatic N) is 2. The highest BCUT2D eigenvalue weighted by Gasteiger charge is 2.40. The molecule has 0 bridgehead atoms. The zero-order chi connectivity index (χ0) is 25.4. The lowest BCUT2D eigenvalue weighted by molar-refractivity contribution is -0.143. The number of nitrogens with one attached hydrogen (secondary N) is 1. The number of hydrogen-bond acceptors (Lipinski definition) is 6. The highest BCUT2D eigenvalue weighted by Crippen LogP contribution is 2.34. The molecule has 0 radical (unpaired) electrons. The lowest BCUT2D eigenvalue weighted by atomic mass is 10.0. The molecule has 9 nitrogen and oxygen atoms in total. The van der Waals surface area contributed by atoms with Crippen molar-refractivity contribution in [3.05, 3.63) is 64.7 Å². The predicted octanol–water partition coefficient (Wildman–Crippen LogP) is 1.39. The molecule has 3 aliphatic rings. The van der Waals surface area contributed by atoms with Gasteiger partial charge in [0.15, 0.2) is 0 Å². The van der Waals surface area contributed by atoms with Crippen LogP contribution in [0.15, 0.2) is 42.5 Å². The van der Waals surface area contributed by atoms with E-state index in [1.54, 1.807) is 18.2 Å². The van der Waals surface area contributed by atoms with Crippen molar-refractivity contribution in [2.75, 3.05) is 19.7 Å². The smallest absolute Gasteiger partial charge is 0.255 e. The predicted molar refractivity (Wildman–Crippen MR) is 119 cm³/mol. The fourth-order valence-electron chi connectivity index (χ4n) is 4.36. The van der Waals surface area contributed by atoms with Gasteiger partial charge in [0.25, 0.3) is 5.91 Å². The fourth-order valence-corrected chi connectivity index (χ4v) is 4.36. The van der Waals surface area contributed by atoms with Gasteiger partial charge in [-0.2, -0.15) is 0 Å². The summed E-state index contributed by atoms with van der Waals surface area (Å²) in [6.07, 6.45) is 0.497. The number of hydrogen-bond donors (Lipinski definition) is 1. The van der Waals surface area contributed by atoms with Crippen molar-refractivity contribution < 1.29 is 31.4 Å². The Kier molecular flexibility index (Phi) is 5.37. The molecule has 3 atom stereocenters. The number of fused-ring (bicyclic) bond motifs is 1. The Morgan fingerprint density at radius 1 is 1.09 bits per heavy atom. The lowest BCUT2D eigenvalue weighted by Crippen LogP contribution is -2.52. The summed E-state index contributed by atoms with van der Waals surface area (Å²) in [5.41, 5.74) is 2.94. The number of morpholine rings is 1. The van der Waals surface area contributed by atoms with Gasteiger partial charge in [-0.05, 0) is 29.7 Å². The number of carbonyl (C=O) groups is 4. The molecule has 4 amide bonds. The first-order valence-corrected chi connectivity index (χ1v) is 11.1. The fraction of sp³-hybridized carbons (Fsp3) is 0.360. The van der Waals surface area contributed by atoms with Crippen LogP contribution in [-0.4, -0.2) is 59.2 Å². The summed E-state index contributed by atoms with van der Waals surface area (Å²) in [6.45, 7) is -1.39. The molecule has 2 aromatic rings. The Bertz CT molecular complexity index is 1220. The van der Waals surface area contributed by atoms with Crippen molar-refractivity contribution in [3.63, 3.8) is 0 Å². The Morgan fingerprint density at radius 3 is 2.68 bits per heavy atom. The van der Waals surface area contributed by atoms with E-state index in [2.05, 4.69) is 5.32 Å². The number of ether oxygens (including phenoxy) is 2. The lowest BCUT2D eigenvalue weighted by Gasteiger charge is -2.29. The highest BCUT2D eigenvalue weighted by atomic mass is 16.5. The van der Waals surface area contributed by atoms with Crippen LogP contribution in [0.4, 0.5) is 0 Å². The van der Waals surface area contributed by atoms with Crippen LogP contribution < -0.4 is 10.1 Å². The second-order valence-corrected chi connectivity index (χ2v) is 8.43. The Morgan fingerprint density at radius 2 is 1.88 bits per heavy atom. The molecule has 2 fully saturated rings. The van der Waals surface area contributed by atoms with E-state index in [0.29, 0.717) is 29.8 Å². The molecule has 3 heterocycles. The minimum atomic E-state index is -1.36. The monoisotopic (exact) mass is 465 g/mol. The van der Waals surface area contributed by atoms with Crippen LogP contribution in [0, 0.1) is 0 Å². The Hall–Kier alpha value is -3.72. The van der Waals surface area contributed by atoms with Crippen molar-refractivity contribution in [2.24, 2.45) is 0 Å². The van der Waals surface area contributed by atoms with E-state index < -0.39 is 31.0 Å². The van der Waals surface area contributed by atoms with Gasteiger partial charge < -0.3 is 19.3 Å². The molecule has 1 N–H and O–H groups in total. The van der Waals surface area contributed by atoms with E-state index in [-0.39, 0.29) is 37.9 Å². The SMILES string of the molecule is [2H]C1CN(Cc2ccc(COc3cccc4c3CN(C3CCC(=O)NC3=O)C4=O)cc2)C(=O)C([2H])O1. The van der Waals surface area contributed by atoms with Crippen LogP contribution in [0.3, 0.4) is 0 Å². The first-order chi connectivity index (χ1) is 17.3. The molecular formula is C25H25N3O6. The first-order valence-electron chi connectivity index (χ1n) is 12.2. The zero-order valence-corrected chi connectivity index (χ0v) is 18.4. The molecule has 0 aliphatic carbocycles. The zero-order valence-electron chi connectivity index (χ0n) is 20.4. The van der Waals surface area contributed by atoms with E-state index in [1.165, 1.54) is 9.80 Å². The van der Waals surface area contributed by atoms with Gasteiger partial charge in [0.2, 0.25) is 17.7 Å². The van der Waals surface area contributed by atoms with Crippen LogP contribution >= 0.6 is 0 Å². The second-order valence-electron chi connectivity index (χ2n) is 8.43. The average Bonchev–Trinajstić information content (AvgIpc) is 3.18. The molecule has 0 aromatic heterocycles. The van der Waals surface area contributed by atoms with Gasteiger partial charge in [0.05, 0.1) is 15.9 Å². The van der Waals surface area contributed by atoms with Crippen molar-refractivity contribution in [1.82, 2.24) is 15.1 Å². The van der Waals surface area contributed by atoms with Gasteiger partial charge in [0.1, 0.15) is 25.0 Å². The summed E-state index contributed by atoms with van der Waals surface area (Å²) in [5, 5.41) is 2.30. The Balaban J connectivity index is 1.22. The van der Waals surface area contributed by atoms with Gasteiger partial charge in [0, 0.05) is 30.6 Å². The first kappa shape index (κ1) is 19.7. The molecule has 3 aliphatic heterocycles. The molecule has 0 saturated carbocycles. The third kappa shape index (κ3) is 4.38. The molecule has 0 spiro atoms. The molecular weight excluding hydrogens is 438 g/mol. The van der Waals surface area contributed by atoms with Gasteiger partial charge in [-0.25, -0.2) is 0 Å². The van der Waals surface area contributed by atoms with Crippen molar-refractivity contribution >= 4 is 23.6 Å². The molecule has 2 aromatic carbocycles. The minimum absolute atomic E-state index is 0.118. The Labute approximate surface area is 199 Å². The molecule has 5 rings (SSSR count). The second kappa shape index (κ2) is 9.26. The number of rotatable bonds is 6. The maximum Gasteiger partial charge on any atom is 0.255 e. The van der Waals surface area contributed by atoms with Gasteiger partial charge in [-0.3, -0.25) is 24.5 Å². The van der Waals surface area contributed by atoms with Crippen LogP contribution in [0.5, 0.6) is 5.75 Å². The largest absolute Gasteiger partial charge is 0.489 e. The number of carbonyl (C=O) groups excluding carboxylic acids is 4. The molecule has 9 heteroatoms. The van der Waals surface area contributed by atoms with E-state index in [4.69, 9.17) is 12.2 Å². The highest BCUT2D eigenvalue weighted by molar-refractivity contribution is 6.05. The number of benzene rings is 2. The summed E-state index contributed by atoms with van der Waals surface area (Å²) in [4.78, 5) is 51.8. The van der Waals surface area contributed by atoms with E-state index in [9.17, 15) is 19.2 Å². The van der Waals surface area contributed by atoms with Crippen molar-refractivity contribution in [3.8, 4) is 5.75 Å². The summed E-state index contributed by atoms with van der Waals surface area (Å²) in [6, 6.07) is 12.0. The third-order valence-electron chi connectivity index (χ3n) is 6.20. The van der Waals surface area contributed by atoms with Gasteiger partial charge >= 0.3 is 0 Å². The normalized spacial score (nSPS) is 25.6. The van der Waals surface area contributed by atoms with Crippen LogP contribution in [-0.2, 0) is 38.8 Å². The number of piperidine rings is 1. The average molecular weight is 466 g/mol. The molecule has 34 heavy (non-hydrogen) atoms. The summed E-state index contributed by atoms with van der Waals surface area (Å²) < 4.78 is 26.3. The quantitative estimate of drug-likeness (QED) is 0.647. The third-order valence-corrected chi connectivity index (χ3v) is 6.20. The van der Waals surface area contributed by atoms with Crippen molar-refractivity contribution in [2.45, 2.75) is 38.6 Å². The van der Waals surface area contributed by atoms with Gasteiger partial charge in [-0.15, -0.1) is 0 Å². The summed E-state index contributed by atoms with van der Waals surface area (Å²) >= 11 is 0. The van der Waals surface area contributed by atoms with Crippen LogP contribution in [0.25, 0.3) is 0 Å². The number of amides is 4. The molecule has 3 unspecified atom stereocenters. The topological polar surface area (TPSA) is 105 Å². The summed E-state index contributed by atoms with van der Waals surface area (Å²) in [5.74, 6) is -0.929. The standard InChI is InChI=1S/C25H25N3O6/c29-22-9-8-20(24(31)26-22)28-13-19-18(25(28)32)2-1-3-21(19)34-14-17-6-4-16(5-7-17)12-27-10-11-33-15-23(27)30/h1-7,20H,8-15H2,(H,26,29,31)/i11D,15D. The van der Waals surface area contributed by atoms with Gasteiger partial charge in [-0.1, -0.05) is 30.3 Å². The minimum Gasteiger partial charge on any atom is -0.489 e. The van der Waals surface area contributed by atoms with Crippen LogP contribution in [0.2, 0.25) is 0 Å². The van der Waals surface area contributed by atoms with E-state index in [0.717, 1.165) is 11.1 Å². The summed E-state index contributed by atoms with van der Waals surface area (Å²) in [7, 11) is 0. The molecule has 176 valence electrons. The molecule has 2 saturated heterocycles.